The fraction of sp³-hybridized carbons (Fsp3) is 0.929. The molecule has 120 valence electrons. The van der Waals surface area contributed by atoms with Crippen LogP contribution in [0.15, 0.2) is 4.99 Å². The van der Waals surface area contributed by atoms with Crippen LogP contribution in [0, 0.1) is 5.92 Å². The summed E-state index contributed by atoms with van der Waals surface area (Å²) in [5.74, 6) is 1.88. The van der Waals surface area contributed by atoms with Crippen LogP contribution in [0.3, 0.4) is 0 Å². The maximum Gasteiger partial charge on any atom is 0.193 e. The van der Waals surface area contributed by atoms with Crippen molar-refractivity contribution in [1.82, 2.24) is 10.2 Å². The molecular formula is C14H30IN3O2. The molecule has 20 heavy (non-hydrogen) atoms. The van der Waals surface area contributed by atoms with Gasteiger partial charge in [-0.15, -0.1) is 24.0 Å². The van der Waals surface area contributed by atoms with Gasteiger partial charge in [0.2, 0.25) is 0 Å². The number of rotatable bonds is 7. The van der Waals surface area contributed by atoms with E-state index in [1.165, 1.54) is 12.8 Å². The summed E-state index contributed by atoms with van der Waals surface area (Å²) in [4.78, 5) is 6.71. The zero-order chi connectivity index (χ0) is 13.9. The van der Waals surface area contributed by atoms with Crippen molar-refractivity contribution in [2.45, 2.75) is 26.2 Å². The summed E-state index contributed by atoms with van der Waals surface area (Å²) in [5.41, 5.74) is 0. The third-order valence-corrected chi connectivity index (χ3v) is 3.48. The van der Waals surface area contributed by atoms with Gasteiger partial charge in [0, 0.05) is 40.4 Å². The molecule has 0 aromatic carbocycles. The average Bonchev–Trinajstić information content (AvgIpc) is 2.43. The Morgan fingerprint density at radius 2 is 1.95 bits per heavy atom. The Kier molecular flexibility index (Phi) is 12.6. The van der Waals surface area contributed by atoms with E-state index in [1.54, 1.807) is 7.11 Å². The number of methoxy groups -OCH3 is 1. The Morgan fingerprint density at radius 3 is 2.55 bits per heavy atom. The summed E-state index contributed by atoms with van der Waals surface area (Å²) < 4.78 is 10.4. The number of hydrogen-bond donors (Lipinski definition) is 1. The minimum atomic E-state index is 0. The molecule has 1 heterocycles. The second kappa shape index (κ2) is 12.6. The standard InChI is InChI=1S/C14H29N3O2.HI/c1-13-5-8-17(9-6-13)14(15-2)16-7-4-10-19-12-11-18-3;/h13H,4-12H2,1-3H3,(H,15,16);1H. The van der Waals surface area contributed by atoms with Gasteiger partial charge in [0.1, 0.15) is 0 Å². The van der Waals surface area contributed by atoms with E-state index in [0.29, 0.717) is 13.2 Å². The van der Waals surface area contributed by atoms with Gasteiger partial charge < -0.3 is 19.7 Å². The van der Waals surface area contributed by atoms with Crippen LogP contribution in [0.4, 0.5) is 0 Å². The van der Waals surface area contributed by atoms with Crippen LogP contribution in [0.5, 0.6) is 0 Å². The van der Waals surface area contributed by atoms with E-state index in [-0.39, 0.29) is 24.0 Å². The minimum absolute atomic E-state index is 0. The fourth-order valence-electron chi connectivity index (χ4n) is 2.17. The molecule has 1 saturated heterocycles. The van der Waals surface area contributed by atoms with Gasteiger partial charge in [0.25, 0.3) is 0 Å². The van der Waals surface area contributed by atoms with Gasteiger partial charge in [-0.25, -0.2) is 0 Å². The molecule has 0 radical (unpaired) electrons. The monoisotopic (exact) mass is 399 g/mol. The number of piperidine rings is 1. The minimum Gasteiger partial charge on any atom is -0.382 e. The number of nitrogens with zero attached hydrogens (tertiary/aromatic N) is 2. The highest BCUT2D eigenvalue weighted by Crippen LogP contribution is 2.15. The SMILES string of the molecule is CN=C(NCCCOCCOC)N1CCC(C)CC1.I. The Morgan fingerprint density at radius 1 is 1.25 bits per heavy atom. The van der Waals surface area contributed by atoms with Crippen molar-refractivity contribution in [3.8, 4) is 0 Å². The topological polar surface area (TPSA) is 46.1 Å². The van der Waals surface area contributed by atoms with E-state index in [4.69, 9.17) is 9.47 Å². The predicted octanol–water partition coefficient (Wildman–Crippen LogP) is 1.96. The molecule has 0 amide bonds. The van der Waals surface area contributed by atoms with Crippen LogP contribution >= 0.6 is 24.0 Å². The van der Waals surface area contributed by atoms with Crippen molar-refractivity contribution in [3.05, 3.63) is 0 Å². The first-order valence-electron chi connectivity index (χ1n) is 7.30. The highest BCUT2D eigenvalue weighted by Gasteiger charge is 2.17. The molecule has 0 spiro atoms. The molecule has 1 aliphatic rings. The fourth-order valence-corrected chi connectivity index (χ4v) is 2.17. The molecule has 0 aliphatic carbocycles. The van der Waals surface area contributed by atoms with Crippen LogP contribution in [0.2, 0.25) is 0 Å². The highest BCUT2D eigenvalue weighted by molar-refractivity contribution is 14.0. The second-order valence-corrected chi connectivity index (χ2v) is 5.10. The Hall–Kier alpha value is -0.0800. The van der Waals surface area contributed by atoms with Crippen molar-refractivity contribution < 1.29 is 9.47 Å². The van der Waals surface area contributed by atoms with E-state index < -0.39 is 0 Å². The van der Waals surface area contributed by atoms with E-state index >= 15 is 0 Å². The Balaban J connectivity index is 0.00000361. The zero-order valence-corrected chi connectivity index (χ0v) is 15.4. The predicted molar refractivity (Wildman–Crippen MR) is 94.1 cm³/mol. The molecule has 1 N–H and O–H groups in total. The van der Waals surface area contributed by atoms with E-state index in [9.17, 15) is 0 Å². The summed E-state index contributed by atoms with van der Waals surface area (Å²) in [7, 11) is 3.55. The molecule has 5 nitrogen and oxygen atoms in total. The summed E-state index contributed by atoms with van der Waals surface area (Å²) >= 11 is 0. The van der Waals surface area contributed by atoms with Gasteiger partial charge in [-0.1, -0.05) is 6.92 Å². The lowest BCUT2D eigenvalue weighted by molar-refractivity contribution is 0.0698. The first-order chi connectivity index (χ1) is 9.27. The van der Waals surface area contributed by atoms with E-state index in [2.05, 4.69) is 22.1 Å². The lowest BCUT2D eigenvalue weighted by Crippen LogP contribution is -2.45. The van der Waals surface area contributed by atoms with Crippen LogP contribution in [0.25, 0.3) is 0 Å². The maximum absolute atomic E-state index is 5.43. The Labute approximate surface area is 140 Å². The highest BCUT2D eigenvalue weighted by atomic mass is 127. The normalized spacial score (nSPS) is 16.9. The number of hydrogen-bond acceptors (Lipinski definition) is 3. The molecule has 0 aromatic rings. The van der Waals surface area contributed by atoms with Crippen molar-refractivity contribution in [3.63, 3.8) is 0 Å². The molecule has 0 bridgehead atoms. The average molecular weight is 399 g/mol. The molecule has 6 heteroatoms. The van der Waals surface area contributed by atoms with Crippen molar-refractivity contribution in [1.29, 1.82) is 0 Å². The lowest BCUT2D eigenvalue weighted by atomic mass is 10.00. The summed E-state index contributed by atoms with van der Waals surface area (Å²) in [6, 6.07) is 0. The summed E-state index contributed by atoms with van der Waals surface area (Å²) in [5, 5.41) is 3.41. The lowest BCUT2D eigenvalue weighted by Gasteiger charge is -2.32. The molecule has 1 aliphatic heterocycles. The first-order valence-corrected chi connectivity index (χ1v) is 7.30. The number of likely N-dealkylation sites (tertiary alicyclic amines) is 1. The van der Waals surface area contributed by atoms with Crippen LogP contribution in [0.1, 0.15) is 26.2 Å². The van der Waals surface area contributed by atoms with Gasteiger partial charge in [-0.05, 0) is 25.2 Å². The second-order valence-electron chi connectivity index (χ2n) is 5.10. The number of ether oxygens (including phenoxy) is 2. The number of halogens is 1. The Bertz CT molecular complexity index is 257. The van der Waals surface area contributed by atoms with E-state index in [0.717, 1.165) is 44.5 Å². The third-order valence-electron chi connectivity index (χ3n) is 3.48. The van der Waals surface area contributed by atoms with Crippen molar-refractivity contribution in [2.24, 2.45) is 10.9 Å². The molecular weight excluding hydrogens is 369 g/mol. The molecule has 0 atom stereocenters. The largest absolute Gasteiger partial charge is 0.382 e. The number of aliphatic imine (C=N–C) groups is 1. The van der Waals surface area contributed by atoms with Gasteiger partial charge in [0.15, 0.2) is 5.96 Å². The summed E-state index contributed by atoms with van der Waals surface area (Å²) in [6.07, 6.45) is 3.52. The van der Waals surface area contributed by atoms with Crippen LogP contribution in [-0.4, -0.2) is 64.5 Å². The van der Waals surface area contributed by atoms with Gasteiger partial charge >= 0.3 is 0 Å². The number of nitrogens with one attached hydrogen (secondary N) is 1. The summed E-state index contributed by atoms with van der Waals surface area (Å²) in [6.45, 7) is 7.58. The first kappa shape index (κ1) is 19.9. The van der Waals surface area contributed by atoms with Gasteiger partial charge in [-0.2, -0.15) is 0 Å². The van der Waals surface area contributed by atoms with Crippen molar-refractivity contribution in [2.75, 3.05) is 53.6 Å². The van der Waals surface area contributed by atoms with Crippen LogP contribution < -0.4 is 5.32 Å². The third kappa shape index (κ3) is 8.26. The molecule has 0 unspecified atom stereocenters. The molecule has 0 saturated carbocycles. The molecule has 1 fully saturated rings. The molecule has 0 aromatic heterocycles. The van der Waals surface area contributed by atoms with Crippen molar-refractivity contribution >= 4 is 29.9 Å². The van der Waals surface area contributed by atoms with Gasteiger partial charge in [-0.3, -0.25) is 4.99 Å². The quantitative estimate of drug-likeness (QED) is 0.308. The molecule has 1 rings (SSSR count). The van der Waals surface area contributed by atoms with Crippen LogP contribution in [-0.2, 0) is 9.47 Å². The van der Waals surface area contributed by atoms with E-state index in [1.807, 2.05) is 7.05 Å². The van der Waals surface area contributed by atoms with Gasteiger partial charge in [0.05, 0.1) is 13.2 Å². The smallest absolute Gasteiger partial charge is 0.193 e. The number of guanidine groups is 1. The maximum atomic E-state index is 5.43. The zero-order valence-electron chi connectivity index (χ0n) is 13.1.